The summed E-state index contributed by atoms with van der Waals surface area (Å²) in [4.78, 5) is 0. The third-order valence-electron chi connectivity index (χ3n) is 4.99. The zero-order chi connectivity index (χ0) is 14.2. The molecule has 0 radical (unpaired) electrons. The van der Waals surface area contributed by atoms with Crippen LogP contribution in [-0.4, -0.2) is 12.1 Å². The molecular weight excluding hydrogens is 270 g/mol. The van der Waals surface area contributed by atoms with E-state index in [0.29, 0.717) is 12.0 Å². The first-order chi connectivity index (χ1) is 9.64. The summed E-state index contributed by atoms with van der Waals surface area (Å²) in [7, 11) is 0. The molecule has 1 fully saturated rings. The van der Waals surface area contributed by atoms with Gasteiger partial charge >= 0.3 is 0 Å². The molecule has 1 saturated carbocycles. The Morgan fingerprint density at radius 1 is 1.45 bits per heavy atom. The fourth-order valence-corrected chi connectivity index (χ4v) is 3.95. The monoisotopic (exact) mass is 293 g/mol. The van der Waals surface area contributed by atoms with Crippen LogP contribution in [0.3, 0.4) is 0 Å². The van der Waals surface area contributed by atoms with Crippen molar-refractivity contribution >= 4 is 11.6 Å². The average molecular weight is 294 g/mol. The Hall–Kier alpha value is -0.730. The second kappa shape index (κ2) is 5.57. The predicted molar refractivity (Wildman–Crippen MR) is 83.5 cm³/mol. The van der Waals surface area contributed by atoms with Crippen LogP contribution in [0.2, 0.25) is 5.02 Å². The van der Waals surface area contributed by atoms with Crippen LogP contribution in [0.15, 0.2) is 18.2 Å². The van der Waals surface area contributed by atoms with Gasteiger partial charge in [-0.3, -0.25) is 0 Å². The second-order valence-electron chi connectivity index (χ2n) is 6.35. The lowest BCUT2D eigenvalue weighted by atomic mass is 9.81. The summed E-state index contributed by atoms with van der Waals surface area (Å²) < 4.78 is 6.46. The number of hydrogen-bond acceptors (Lipinski definition) is 2. The van der Waals surface area contributed by atoms with Crippen LogP contribution in [0.4, 0.5) is 0 Å². The van der Waals surface area contributed by atoms with E-state index < -0.39 is 0 Å². The molecule has 0 bridgehead atoms. The quantitative estimate of drug-likeness (QED) is 0.870. The van der Waals surface area contributed by atoms with Crippen molar-refractivity contribution in [1.29, 1.82) is 0 Å². The van der Waals surface area contributed by atoms with Crippen LogP contribution in [0.1, 0.15) is 57.6 Å². The van der Waals surface area contributed by atoms with Crippen molar-refractivity contribution in [1.82, 2.24) is 5.32 Å². The van der Waals surface area contributed by atoms with E-state index in [0.717, 1.165) is 30.2 Å². The Morgan fingerprint density at radius 3 is 3.00 bits per heavy atom. The lowest BCUT2D eigenvalue weighted by Gasteiger charge is -2.43. The van der Waals surface area contributed by atoms with Crippen LogP contribution >= 0.6 is 11.6 Å². The van der Waals surface area contributed by atoms with Crippen molar-refractivity contribution in [2.24, 2.45) is 5.92 Å². The van der Waals surface area contributed by atoms with Gasteiger partial charge < -0.3 is 10.1 Å². The maximum Gasteiger partial charge on any atom is 0.125 e. The van der Waals surface area contributed by atoms with Gasteiger partial charge in [0, 0.05) is 23.0 Å². The zero-order valence-electron chi connectivity index (χ0n) is 12.4. The number of ether oxygens (including phenoxy) is 1. The van der Waals surface area contributed by atoms with Gasteiger partial charge in [0.2, 0.25) is 0 Å². The van der Waals surface area contributed by atoms with E-state index in [1.807, 2.05) is 12.1 Å². The van der Waals surface area contributed by atoms with Crippen molar-refractivity contribution in [2.45, 2.75) is 57.6 Å². The smallest absolute Gasteiger partial charge is 0.125 e. The van der Waals surface area contributed by atoms with Gasteiger partial charge in [0.05, 0.1) is 0 Å². The fraction of sp³-hybridized carbons (Fsp3) is 0.647. The van der Waals surface area contributed by atoms with E-state index in [2.05, 4.69) is 25.2 Å². The summed E-state index contributed by atoms with van der Waals surface area (Å²) in [5.41, 5.74) is 1.27. The SMILES string of the molecule is CCCNC1CC2(CCCC2C)Oc2ccc(Cl)cc21. The minimum atomic E-state index is 0.0340. The van der Waals surface area contributed by atoms with Gasteiger partial charge in [-0.05, 0) is 56.3 Å². The first kappa shape index (κ1) is 14.2. The van der Waals surface area contributed by atoms with E-state index in [1.165, 1.54) is 24.8 Å². The van der Waals surface area contributed by atoms with Crippen molar-refractivity contribution in [3.63, 3.8) is 0 Å². The molecule has 2 nitrogen and oxygen atoms in total. The maximum absolute atomic E-state index is 6.46. The summed E-state index contributed by atoms with van der Waals surface area (Å²) in [6.45, 7) is 5.59. The summed E-state index contributed by atoms with van der Waals surface area (Å²) in [6.07, 6.45) is 5.96. The van der Waals surface area contributed by atoms with Gasteiger partial charge in [0.25, 0.3) is 0 Å². The Balaban J connectivity index is 1.94. The van der Waals surface area contributed by atoms with Crippen molar-refractivity contribution < 1.29 is 4.74 Å². The van der Waals surface area contributed by atoms with Gasteiger partial charge in [-0.25, -0.2) is 0 Å². The van der Waals surface area contributed by atoms with Gasteiger partial charge in [-0.15, -0.1) is 0 Å². The van der Waals surface area contributed by atoms with Crippen LogP contribution in [0.25, 0.3) is 0 Å². The molecule has 3 unspecified atom stereocenters. The molecule has 0 saturated heterocycles. The van der Waals surface area contributed by atoms with E-state index in [9.17, 15) is 0 Å². The summed E-state index contributed by atoms with van der Waals surface area (Å²) >= 11 is 6.17. The largest absolute Gasteiger partial charge is 0.487 e. The molecule has 2 aliphatic rings. The Labute approximate surface area is 126 Å². The summed E-state index contributed by atoms with van der Waals surface area (Å²) in [5.74, 6) is 1.67. The molecule has 1 aliphatic heterocycles. The first-order valence-corrected chi connectivity index (χ1v) is 8.24. The predicted octanol–water partition coefficient (Wildman–Crippen LogP) is 4.72. The van der Waals surface area contributed by atoms with Crippen LogP contribution in [0, 0.1) is 5.92 Å². The number of rotatable bonds is 3. The molecule has 1 heterocycles. The van der Waals surface area contributed by atoms with E-state index in [-0.39, 0.29) is 5.60 Å². The average Bonchev–Trinajstić information content (AvgIpc) is 2.78. The highest BCUT2D eigenvalue weighted by molar-refractivity contribution is 6.30. The van der Waals surface area contributed by atoms with Gasteiger partial charge in [-0.2, -0.15) is 0 Å². The maximum atomic E-state index is 6.46. The van der Waals surface area contributed by atoms with E-state index in [4.69, 9.17) is 16.3 Å². The van der Waals surface area contributed by atoms with Crippen molar-refractivity contribution in [2.75, 3.05) is 6.54 Å². The molecule has 1 spiro atoms. The molecule has 1 aromatic rings. The minimum Gasteiger partial charge on any atom is -0.487 e. The molecule has 0 amide bonds. The Bertz CT molecular complexity index is 490. The van der Waals surface area contributed by atoms with Crippen LogP contribution < -0.4 is 10.1 Å². The first-order valence-electron chi connectivity index (χ1n) is 7.86. The van der Waals surface area contributed by atoms with E-state index in [1.54, 1.807) is 0 Å². The number of fused-ring (bicyclic) bond motifs is 1. The third-order valence-corrected chi connectivity index (χ3v) is 5.22. The number of halogens is 1. The molecule has 110 valence electrons. The van der Waals surface area contributed by atoms with Crippen LogP contribution in [-0.2, 0) is 0 Å². The van der Waals surface area contributed by atoms with Gasteiger partial charge in [-0.1, -0.05) is 25.4 Å². The molecule has 3 atom stereocenters. The van der Waals surface area contributed by atoms with Crippen LogP contribution in [0.5, 0.6) is 5.75 Å². The zero-order valence-corrected chi connectivity index (χ0v) is 13.2. The topological polar surface area (TPSA) is 21.3 Å². The third kappa shape index (κ3) is 2.44. The van der Waals surface area contributed by atoms with E-state index >= 15 is 0 Å². The number of hydrogen-bond donors (Lipinski definition) is 1. The highest BCUT2D eigenvalue weighted by atomic mass is 35.5. The lowest BCUT2D eigenvalue weighted by molar-refractivity contribution is 0.00187. The highest BCUT2D eigenvalue weighted by Crippen LogP contribution is 2.50. The molecule has 1 aliphatic carbocycles. The number of benzene rings is 1. The molecule has 1 aromatic carbocycles. The summed E-state index contributed by atoms with van der Waals surface area (Å²) in [6, 6.07) is 6.43. The van der Waals surface area contributed by atoms with Crippen molar-refractivity contribution in [3.05, 3.63) is 28.8 Å². The number of nitrogens with one attached hydrogen (secondary N) is 1. The fourth-order valence-electron chi connectivity index (χ4n) is 3.77. The molecular formula is C17H24ClNO. The van der Waals surface area contributed by atoms with Crippen molar-refractivity contribution in [3.8, 4) is 5.75 Å². The van der Waals surface area contributed by atoms with Gasteiger partial charge in [0.1, 0.15) is 11.4 Å². The molecule has 0 aromatic heterocycles. The normalized spacial score (nSPS) is 32.1. The Kier molecular flexibility index (Phi) is 3.96. The molecule has 3 rings (SSSR count). The molecule has 3 heteroatoms. The second-order valence-corrected chi connectivity index (χ2v) is 6.79. The summed E-state index contributed by atoms with van der Waals surface area (Å²) in [5, 5.41) is 4.49. The Morgan fingerprint density at radius 2 is 2.30 bits per heavy atom. The molecule has 1 N–H and O–H groups in total. The minimum absolute atomic E-state index is 0.0340. The molecule has 20 heavy (non-hydrogen) atoms. The highest BCUT2D eigenvalue weighted by Gasteiger charge is 2.47. The van der Waals surface area contributed by atoms with Gasteiger partial charge in [0.15, 0.2) is 0 Å². The standard InChI is InChI=1S/C17H24ClNO/c1-3-9-19-15-11-17(8-4-5-12(17)2)20-16-7-6-13(18)10-14(15)16/h6-7,10,12,15,19H,3-5,8-9,11H2,1-2H3. The lowest BCUT2D eigenvalue weighted by Crippen LogP contribution is -2.46.